The smallest absolute Gasteiger partial charge is 0.0676 e. The highest BCUT2D eigenvalue weighted by atomic mass is 15.8. The number of rotatable bonds is 4. The summed E-state index contributed by atoms with van der Waals surface area (Å²) in [5.74, 6) is 0. The number of anilines is 1. The molecular weight excluding hydrogens is 398 g/mol. The number of hydrogen-bond donors (Lipinski definition) is 2. The molecule has 32 heavy (non-hydrogen) atoms. The van der Waals surface area contributed by atoms with Crippen LogP contribution in [0.1, 0.15) is 42.1 Å². The van der Waals surface area contributed by atoms with Crippen LogP contribution in [0.25, 0.3) is 11.1 Å². The van der Waals surface area contributed by atoms with E-state index in [1.54, 1.807) is 0 Å². The van der Waals surface area contributed by atoms with Gasteiger partial charge in [-0.15, -0.1) is 0 Å². The van der Waals surface area contributed by atoms with Crippen molar-refractivity contribution >= 4 is 5.69 Å². The Labute approximate surface area is 189 Å². The van der Waals surface area contributed by atoms with Crippen LogP contribution in [0.5, 0.6) is 0 Å². The molecule has 3 atom stereocenters. The Morgan fingerprint density at radius 2 is 2.03 bits per heavy atom. The summed E-state index contributed by atoms with van der Waals surface area (Å²) in [6.07, 6.45) is 5.38. The van der Waals surface area contributed by atoms with Gasteiger partial charge < -0.3 is 5.32 Å². The second kappa shape index (κ2) is 8.40. The number of nitrogens with zero attached hydrogens (tertiary/aromatic N) is 5. The highest BCUT2D eigenvalue weighted by molar-refractivity contribution is 5.65. The first kappa shape index (κ1) is 20.7. The molecule has 3 unspecified atom stereocenters. The van der Waals surface area contributed by atoms with E-state index in [9.17, 15) is 0 Å². The molecule has 0 bridgehead atoms. The van der Waals surface area contributed by atoms with Gasteiger partial charge in [-0.25, -0.2) is 10.4 Å². The second-order valence-corrected chi connectivity index (χ2v) is 8.82. The minimum atomic E-state index is 0.171. The molecule has 0 aliphatic carbocycles. The molecule has 7 nitrogen and oxygen atoms in total. The van der Waals surface area contributed by atoms with E-state index in [0.717, 1.165) is 29.8 Å². The standard InChI is InChI=1S/C25H29N7/c1-17-25-22-8-7-19(20-15-27-30(2)16-20)14-23(22)24(10-12-32(25)31(3)29-17)28-21-6-4-5-18(13-21)9-11-26/h4-8,13-17,24-25,28-29H,9-10,12H2,1-3H3. The molecule has 7 heteroatoms. The van der Waals surface area contributed by atoms with Crippen LogP contribution in [-0.2, 0) is 13.5 Å². The number of nitriles is 1. The minimum absolute atomic E-state index is 0.171. The average Bonchev–Trinajstić information content (AvgIpc) is 3.28. The van der Waals surface area contributed by atoms with Gasteiger partial charge in [-0.2, -0.15) is 15.5 Å². The Kier molecular flexibility index (Phi) is 5.43. The fraction of sp³-hybridized carbons (Fsp3) is 0.360. The van der Waals surface area contributed by atoms with Gasteiger partial charge >= 0.3 is 0 Å². The zero-order valence-electron chi connectivity index (χ0n) is 18.8. The highest BCUT2D eigenvalue weighted by Gasteiger charge is 2.40. The van der Waals surface area contributed by atoms with Crippen molar-refractivity contribution in [2.24, 2.45) is 7.05 Å². The minimum Gasteiger partial charge on any atom is -0.378 e. The summed E-state index contributed by atoms with van der Waals surface area (Å²) in [4.78, 5) is 0. The van der Waals surface area contributed by atoms with Crippen molar-refractivity contribution in [2.75, 3.05) is 18.9 Å². The lowest BCUT2D eigenvalue weighted by Crippen LogP contribution is -2.39. The van der Waals surface area contributed by atoms with Crippen molar-refractivity contribution in [1.82, 2.24) is 25.3 Å². The third kappa shape index (κ3) is 3.78. The largest absolute Gasteiger partial charge is 0.378 e. The first-order valence-electron chi connectivity index (χ1n) is 11.1. The van der Waals surface area contributed by atoms with Crippen molar-refractivity contribution in [3.63, 3.8) is 0 Å². The predicted molar refractivity (Wildman–Crippen MR) is 125 cm³/mol. The third-order valence-corrected chi connectivity index (χ3v) is 6.59. The summed E-state index contributed by atoms with van der Waals surface area (Å²) in [5, 5.41) is 21.8. The molecule has 0 radical (unpaired) electrons. The topological polar surface area (TPSA) is 72.2 Å². The number of nitrogens with one attached hydrogen (secondary N) is 2. The molecule has 0 spiro atoms. The summed E-state index contributed by atoms with van der Waals surface area (Å²) in [5.41, 5.74) is 10.6. The number of benzene rings is 2. The Morgan fingerprint density at radius 1 is 1.16 bits per heavy atom. The maximum absolute atomic E-state index is 9.09. The number of aryl methyl sites for hydroxylation is 1. The lowest BCUT2D eigenvalue weighted by Gasteiger charge is -2.27. The maximum Gasteiger partial charge on any atom is 0.0676 e. The molecule has 3 aromatic rings. The third-order valence-electron chi connectivity index (χ3n) is 6.59. The van der Waals surface area contributed by atoms with E-state index in [1.807, 2.05) is 30.1 Å². The normalized spacial score (nSPS) is 23.2. The Balaban J connectivity index is 1.57. The fourth-order valence-corrected chi connectivity index (χ4v) is 5.13. The fourth-order valence-electron chi connectivity index (χ4n) is 5.13. The van der Waals surface area contributed by atoms with Gasteiger partial charge in [0, 0.05) is 44.1 Å². The highest BCUT2D eigenvalue weighted by Crippen LogP contribution is 2.41. The van der Waals surface area contributed by atoms with Crippen molar-refractivity contribution in [1.29, 1.82) is 5.26 Å². The van der Waals surface area contributed by atoms with E-state index in [1.165, 1.54) is 16.7 Å². The van der Waals surface area contributed by atoms with Crippen LogP contribution in [0.15, 0.2) is 54.9 Å². The van der Waals surface area contributed by atoms with Gasteiger partial charge in [0.05, 0.1) is 30.8 Å². The maximum atomic E-state index is 9.09. The monoisotopic (exact) mass is 427 g/mol. The quantitative estimate of drug-likeness (QED) is 0.660. The second-order valence-electron chi connectivity index (χ2n) is 8.82. The van der Waals surface area contributed by atoms with Crippen molar-refractivity contribution in [3.05, 3.63) is 71.5 Å². The van der Waals surface area contributed by atoms with Gasteiger partial charge in [-0.3, -0.25) is 4.68 Å². The summed E-state index contributed by atoms with van der Waals surface area (Å²) in [6, 6.07) is 18.1. The van der Waals surface area contributed by atoms with E-state index >= 15 is 0 Å². The molecule has 0 amide bonds. The van der Waals surface area contributed by atoms with Gasteiger partial charge in [0.25, 0.3) is 0 Å². The van der Waals surface area contributed by atoms with Crippen LogP contribution in [0, 0.1) is 11.3 Å². The average molecular weight is 428 g/mol. The molecule has 1 saturated heterocycles. The van der Waals surface area contributed by atoms with Crippen molar-refractivity contribution in [3.8, 4) is 17.2 Å². The zero-order valence-corrected chi connectivity index (χ0v) is 18.8. The SMILES string of the molecule is CC1NN(C)N2CCC(Nc3cccc(CC#N)c3)c3cc(-c4cnn(C)c4)ccc3C12. The van der Waals surface area contributed by atoms with Crippen molar-refractivity contribution in [2.45, 2.75) is 37.9 Å². The van der Waals surface area contributed by atoms with Gasteiger partial charge in [0.15, 0.2) is 0 Å². The molecule has 2 N–H and O–H groups in total. The van der Waals surface area contributed by atoms with E-state index < -0.39 is 0 Å². The van der Waals surface area contributed by atoms with Crippen LogP contribution in [0.4, 0.5) is 5.69 Å². The molecule has 3 heterocycles. The molecule has 2 aliphatic rings. The van der Waals surface area contributed by atoms with Gasteiger partial charge in [0.1, 0.15) is 0 Å². The van der Waals surface area contributed by atoms with Crippen LogP contribution < -0.4 is 10.7 Å². The van der Waals surface area contributed by atoms with E-state index in [2.05, 4.69) is 82.5 Å². The Morgan fingerprint density at radius 3 is 2.81 bits per heavy atom. The zero-order chi connectivity index (χ0) is 22.2. The molecule has 2 aliphatic heterocycles. The predicted octanol–water partition coefficient (Wildman–Crippen LogP) is 3.81. The number of hydrogen-bond acceptors (Lipinski definition) is 6. The van der Waals surface area contributed by atoms with Crippen LogP contribution in [0.2, 0.25) is 0 Å². The number of fused-ring (bicyclic) bond motifs is 3. The summed E-state index contributed by atoms with van der Waals surface area (Å²) in [6.45, 7) is 3.20. The van der Waals surface area contributed by atoms with Crippen LogP contribution in [-0.4, -0.2) is 39.5 Å². The van der Waals surface area contributed by atoms with Gasteiger partial charge in [-0.05, 0) is 53.8 Å². The summed E-state index contributed by atoms with van der Waals surface area (Å²) in [7, 11) is 4.05. The summed E-state index contributed by atoms with van der Waals surface area (Å²) < 4.78 is 1.84. The van der Waals surface area contributed by atoms with Gasteiger partial charge in [0.2, 0.25) is 0 Å². The van der Waals surface area contributed by atoms with Gasteiger partial charge in [-0.1, -0.05) is 24.3 Å². The first-order chi connectivity index (χ1) is 15.5. The number of hydrazine groups is 2. The molecule has 0 saturated carbocycles. The van der Waals surface area contributed by atoms with Crippen LogP contribution in [0.3, 0.4) is 0 Å². The Hall–Kier alpha value is -3.18. The molecule has 2 aromatic carbocycles. The molecule has 164 valence electrons. The van der Waals surface area contributed by atoms with E-state index in [0.29, 0.717) is 12.5 Å². The lowest BCUT2D eigenvalue weighted by atomic mass is 9.90. The lowest BCUT2D eigenvalue weighted by molar-refractivity contribution is -0.00841. The van der Waals surface area contributed by atoms with E-state index in [-0.39, 0.29) is 12.1 Å². The van der Waals surface area contributed by atoms with Crippen molar-refractivity contribution < 1.29 is 0 Å². The molecular formula is C25H29N7. The number of aromatic nitrogens is 2. The first-order valence-corrected chi connectivity index (χ1v) is 11.1. The Bertz CT molecular complexity index is 1160. The molecule has 1 aromatic heterocycles. The molecule has 5 rings (SSSR count). The summed E-state index contributed by atoms with van der Waals surface area (Å²) >= 11 is 0. The van der Waals surface area contributed by atoms with E-state index in [4.69, 9.17) is 5.26 Å². The molecule has 1 fully saturated rings. The van der Waals surface area contributed by atoms with Crippen LogP contribution >= 0.6 is 0 Å².